The Labute approximate surface area is 63.6 Å². The Morgan fingerprint density at radius 2 is 1.91 bits per heavy atom. The van der Waals surface area contributed by atoms with Crippen molar-refractivity contribution in [3.05, 3.63) is 29.8 Å². The summed E-state index contributed by atoms with van der Waals surface area (Å²) in [5.41, 5.74) is 2.16. The number of rotatable bonds is 1. The first kappa shape index (κ1) is 7.56. The SMILES string of the molecule is N=C(NO)c1ccc([O])cc1. The fourth-order valence-electron chi connectivity index (χ4n) is 0.686. The molecule has 1 rings (SSSR count). The maximum atomic E-state index is 10.6. The van der Waals surface area contributed by atoms with Crippen molar-refractivity contribution in [2.75, 3.05) is 0 Å². The monoisotopic (exact) mass is 151 g/mol. The second-order valence-electron chi connectivity index (χ2n) is 2.01. The van der Waals surface area contributed by atoms with Crippen LogP contribution in [0.1, 0.15) is 5.56 Å². The van der Waals surface area contributed by atoms with Crippen LogP contribution in [0.2, 0.25) is 0 Å². The number of benzene rings is 1. The van der Waals surface area contributed by atoms with Gasteiger partial charge in [-0.25, -0.2) is 0 Å². The van der Waals surface area contributed by atoms with Gasteiger partial charge in [0.15, 0.2) is 5.75 Å². The van der Waals surface area contributed by atoms with Gasteiger partial charge in [-0.15, -0.1) is 0 Å². The quantitative estimate of drug-likeness (QED) is 0.319. The third-order valence-electron chi connectivity index (χ3n) is 1.25. The third-order valence-corrected chi connectivity index (χ3v) is 1.25. The average molecular weight is 151 g/mol. The zero-order chi connectivity index (χ0) is 8.27. The summed E-state index contributed by atoms with van der Waals surface area (Å²) in [7, 11) is 0. The summed E-state index contributed by atoms with van der Waals surface area (Å²) in [5.74, 6) is -0.232. The number of amidine groups is 1. The Morgan fingerprint density at radius 1 is 1.36 bits per heavy atom. The van der Waals surface area contributed by atoms with Gasteiger partial charge in [-0.1, -0.05) is 0 Å². The lowest BCUT2D eigenvalue weighted by Crippen LogP contribution is -2.18. The molecule has 0 aliphatic rings. The van der Waals surface area contributed by atoms with E-state index in [4.69, 9.17) is 10.6 Å². The minimum atomic E-state index is -0.120. The van der Waals surface area contributed by atoms with Gasteiger partial charge in [0.1, 0.15) is 5.84 Å². The molecule has 0 fully saturated rings. The summed E-state index contributed by atoms with van der Waals surface area (Å²) in [6, 6.07) is 5.60. The van der Waals surface area contributed by atoms with Crippen molar-refractivity contribution in [1.29, 1.82) is 5.41 Å². The van der Waals surface area contributed by atoms with E-state index in [0.29, 0.717) is 5.56 Å². The van der Waals surface area contributed by atoms with E-state index in [1.54, 1.807) is 5.48 Å². The molecule has 1 aromatic rings. The lowest BCUT2D eigenvalue weighted by Gasteiger charge is -1.99. The first-order chi connectivity index (χ1) is 5.24. The van der Waals surface area contributed by atoms with Crippen LogP contribution in [-0.4, -0.2) is 11.0 Å². The molecule has 0 saturated heterocycles. The number of nitrogens with one attached hydrogen (secondary N) is 2. The van der Waals surface area contributed by atoms with Gasteiger partial charge in [0, 0.05) is 5.56 Å². The van der Waals surface area contributed by atoms with E-state index in [9.17, 15) is 5.11 Å². The summed E-state index contributed by atoms with van der Waals surface area (Å²) < 4.78 is 0. The summed E-state index contributed by atoms with van der Waals surface area (Å²) in [6.45, 7) is 0. The van der Waals surface area contributed by atoms with Gasteiger partial charge < -0.3 is 0 Å². The average Bonchev–Trinajstić information content (AvgIpc) is 2.05. The molecule has 0 atom stereocenters. The Kier molecular flexibility index (Phi) is 2.08. The van der Waals surface area contributed by atoms with Gasteiger partial charge in [0.05, 0.1) is 0 Å². The van der Waals surface area contributed by atoms with Crippen molar-refractivity contribution < 1.29 is 10.3 Å². The number of hydrogen-bond donors (Lipinski definition) is 3. The molecule has 0 heterocycles. The Bertz CT molecular complexity index is 256. The van der Waals surface area contributed by atoms with E-state index in [0.717, 1.165) is 0 Å². The van der Waals surface area contributed by atoms with Crippen LogP contribution >= 0.6 is 0 Å². The van der Waals surface area contributed by atoms with Crippen LogP contribution in [0, 0.1) is 5.41 Å². The Morgan fingerprint density at radius 3 is 2.36 bits per heavy atom. The van der Waals surface area contributed by atoms with Crippen LogP contribution in [0.4, 0.5) is 0 Å². The topological polar surface area (TPSA) is 76.0 Å². The second kappa shape index (κ2) is 3.03. The summed E-state index contributed by atoms with van der Waals surface area (Å²) in [6.07, 6.45) is 0. The van der Waals surface area contributed by atoms with E-state index in [-0.39, 0.29) is 11.6 Å². The van der Waals surface area contributed by atoms with Crippen molar-refractivity contribution in [3.63, 3.8) is 0 Å². The lowest BCUT2D eigenvalue weighted by molar-refractivity contribution is 0.234. The highest BCUT2D eigenvalue weighted by atomic mass is 16.5. The molecular weight excluding hydrogens is 144 g/mol. The fraction of sp³-hybridized carbons (Fsp3) is 0. The van der Waals surface area contributed by atoms with Crippen molar-refractivity contribution in [3.8, 4) is 5.75 Å². The Hall–Kier alpha value is -1.55. The Balaban J connectivity index is 2.90. The largest absolute Gasteiger partial charge is 0.290 e. The highest BCUT2D eigenvalue weighted by Crippen LogP contribution is 2.09. The van der Waals surface area contributed by atoms with Gasteiger partial charge in [-0.3, -0.25) is 21.2 Å². The van der Waals surface area contributed by atoms with E-state index in [1.807, 2.05) is 0 Å². The third kappa shape index (κ3) is 1.68. The minimum Gasteiger partial charge on any atom is -0.290 e. The van der Waals surface area contributed by atoms with E-state index >= 15 is 0 Å². The molecule has 4 nitrogen and oxygen atoms in total. The summed E-state index contributed by atoms with van der Waals surface area (Å²) in [4.78, 5) is 0. The van der Waals surface area contributed by atoms with Crippen molar-refractivity contribution in [1.82, 2.24) is 5.48 Å². The maximum absolute atomic E-state index is 10.6. The molecule has 0 amide bonds. The van der Waals surface area contributed by atoms with Gasteiger partial charge in [0.2, 0.25) is 0 Å². The normalized spacial score (nSPS) is 9.18. The van der Waals surface area contributed by atoms with Crippen LogP contribution in [0.5, 0.6) is 5.75 Å². The molecule has 0 aromatic heterocycles. The molecule has 57 valence electrons. The molecule has 0 aliphatic carbocycles. The fourth-order valence-corrected chi connectivity index (χ4v) is 0.686. The summed E-state index contributed by atoms with van der Waals surface area (Å²) >= 11 is 0. The van der Waals surface area contributed by atoms with Crippen LogP contribution < -0.4 is 5.48 Å². The van der Waals surface area contributed by atoms with E-state index < -0.39 is 0 Å². The van der Waals surface area contributed by atoms with Crippen molar-refractivity contribution >= 4 is 5.84 Å². The predicted molar refractivity (Wildman–Crippen MR) is 38.3 cm³/mol. The van der Waals surface area contributed by atoms with E-state index in [1.165, 1.54) is 24.3 Å². The molecule has 4 heteroatoms. The molecule has 0 unspecified atom stereocenters. The van der Waals surface area contributed by atoms with Gasteiger partial charge in [-0.2, -0.15) is 0 Å². The van der Waals surface area contributed by atoms with Gasteiger partial charge in [-0.05, 0) is 24.3 Å². The highest BCUT2D eigenvalue weighted by molar-refractivity contribution is 5.95. The van der Waals surface area contributed by atoms with Crippen LogP contribution in [0.15, 0.2) is 24.3 Å². The number of hydrogen-bond acceptors (Lipinski definition) is 2. The zero-order valence-corrected chi connectivity index (χ0v) is 5.66. The molecule has 3 N–H and O–H groups in total. The van der Waals surface area contributed by atoms with Crippen molar-refractivity contribution in [2.45, 2.75) is 0 Å². The molecule has 0 saturated carbocycles. The van der Waals surface area contributed by atoms with Gasteiger partial charge >= 0.3 is 0 Å². The molecule has 1 aromatic carbocycles. The second-order valence-corrected chi connectivity index (χ2v) is 2.01. The van der Waals surface area contributed by atoms with Crippen LogP contribution in [-0.2, 0) is 5.11 Å². The first-order valence-corrected chi connectivity index (χ1v) is 3.00. The minimum absolute atomic E-state index is 0.112. The number of hydroxylamine groups is 1. The molecule has 0 spiro atoms. The molecule has 0 bridgehead atoms. The van der Waals surface area contributed by atoms with E-state index in [2.05, 4.69) is 0 Å². The van der Waals surface area contributed by atoms with Crippen LogP contribution in [0.3, 0.4) is 0 Å². The van der Waals surface area contributed by atoms with Crippen LogP contribution in [0.25, 0.3) is 0 Å². The highest BCUT2D eigenvalue weighted by Gasteiger charge is 1.98. The zero-order valence-electron chi connectivity index (χ0n) is 5.66. The summed E-state index contributed by atoms with van der Waals surface area (Å²) in [5, 5.41) is 26.0. The van der Waals surface area contributed by atoms with Gasteiger partial charge in [0.25, 0.3) is 0 Å². The molecule has 0 aliphatic heterocycles. The predicted octanol–water partition coefficient (Wildman–Crippen LogP) is 1.13. The molecular formula is C7H7N2O2. The first-order valence-electron chi connectivity index (χ1n) is 3.00. The smallest absolute Gasteiger partial charge is 0.178 e. The molecule has 11 heavy (non-hydrogen) atoms. The maximum Gasteiger partial charge on any atom is 0.178 e. The van der Waals surface area contributed by atoms with Crippen molar-refractivity contribution in [2.24, 2.45) is 0 Å². The lowest BCUT2D eigenvalue weighted by atomic mass is 10.2. The standard InChI is InChI=1S/C7H7N2O2/c8-7(9-11)5-1-3-6(10)4-2-5/h1-4,11H,(H2,8,9). The molecule has 1 radical (unpaired) electrons.